The molecule has 3 aromatic carbocycles. The van der Waals surface area contributed by atoms with Crippen LogP contribution < -0.4 is 14.8 Å². The van der Waals surface area contributed by atoms with Crippen molar-refractivity contribution in [1.29, 1.82) is 0 Å². The smallest absolute Gasteiger partial charge is 0.272 e. The van der Waals surface area contributed by atoms with Crippen molar-refractivity contribution in [3.8, 4) is 5.75 Å². The average Bonchev–Trinajstić information content (AvgIpc) is 3.27. The van der Waals surface area contributed by atoms with Crippen molar-refractivity contribution in [3.63, 3.8) is 0 Å². The minimum absolute atomic E-state index is 0.0144. The molecule has 0 saturated carbocycles. The van der Waals surface area contributed by atoms with Crippen LogP contribution in [0, 0.1) is 0 Å². The van der Waals surface area contributed by atoms with Gasteiger partial charge in [0, 0.05) is 30.5 Å². The molecule has 11 heteroatoms. The molecule has 2 aromatic heterocycles. The number of hydrogen-bond donors (Lipinski definition) is 2. The zero-order valence-electron chi connectivity index (χ0n) is 20.1. The Bertz CT molecular complexity index is 1710. The maximum Gasteiger partial charge on any atom is 0.272 e. The van der Waals surface area contributed by atoms with E-state index in [-0.39, 0.29) is 16.6 Å². The fourth-order valence-corrected chi connectivity index (χ4v) is 5.14. The monoisotopic (exact) mass is 547 g/mol. The zero-order valence-corrected chi connectivity index (χ0v) is 21.7. The molecule has 5 rings (SSSR count). The lowest BCUT2D eigenvalue weighted by atomic mass is 10.2. The molecule has 0 aliphatic rings. The average molecular weight is 548 g/mol. The second-order valence-corrected chi connectivity index (χ2v) is 10.4. The highest BCUT2D eigenvalue weighted by atomic mass is 35.5. The van der Waals surface area contributed by atoms with Crippen LogP contribution in [0.15, 0.2) is 96.3 Å². The Balaban J connectivity index is 1.31. The molecule has 192 valence electrons. The molecule has 0 aliphatic carbocycles. The fourth-order valence-electron chi connectivity index (χ4n) is 3.88. The molecule has 5 aromatic rings. The predicted octanol–water partition coefficient (Wildman–Crippen LogP) is 5.25. The third kappa shape index (κ3) is 5.31. The molecule has 0 saturated heterocycles. The van der Waals surface area contributed by atoms with E-state index in [4.69, 9.17) is 16.3 Å². The first kappa shape index (κ1) is 25.2. The van der Waals surface area contributed by atoms with Crippen LogP contribution >= 0.6 is 11.6 Å². The molecule has 1 amide bonds. The Hall–Kier alpha value is -4.41. The largest absolute Gasteiger partial charge is 0.487 e. The van der Waals surface area contributed by atoms with Crippen molar-refractivity contribution in [3.05, 3.63) is 108 Å². The summed E-state index contributed by atoms with van der Waals surface area (Å²) >= 11 is 6.63. The first-order valence-corrected chi connectivity index (χ1v) is 13.3. The molecule has 0 atom stereocenters. The van der Waals surface area contributed by atoms with Crippen LogP contribution in [-0.4, -0.2) is 28.9 Å². The molecule has 0 unspecified atom stereocenters. The lowest BCUT2D eigenvalue weighted by Gasteiger charge is -2.10. The predicted molar refractivity (Wildman–Crippen MR) is 146 cm³/mol. The van der Waals surface area contributed by atoms with Crippen LogP contribution in [-0.2, 0) is 23.7 Å². The lowest BCUT2D eigenvalue weighted by molar-refractivity contribution is 0.101. The van der Waals surface area contributed by atoms with Crippen LogP contribution in [0.5, 0.6) is 5.75 Å². The minimum Gasteiger partial charge on any atom is -0.487 e. The summed E-state index contributed by atoms with van der Waals surface area (Å²) in [4.78, 5) is 20.8. The molecule has 38 heavy (non-hydrogen) atoms. The van der Waals surface area contributed by atoms with Crippen molar-refractivity contribution in [1.82, 2.24) is 14.5 Å². The van der Waals surface area contributed by atoms with E-state index in [0.29, 0.717) is 34.1 Å². The van der Waals surface area contributed by atoms with Gasteiger partial charge in [0.15, 0.2) is 5.82 Å². The number of amides is 1. The summed E-state index contributed by atoms with van der Waals surface area (Å²) in [6.45, 7) is 0.367. The van der Waals surface area contributed by atoms with Gasteiger partial charge >= 0.3 is 0 Å². The second kappa shape index (κ2) is 10.5. The van der Waals surface area contributed by atoms with Gasteiger partial charge in [-0.3, -0.25) is 14.5 Å². The van der Waals surface area contributed by atoms with Crippen molar-refractivity contribution < 1.29 is 17.9 Å². The number of anilines is 2. The topological polar surface area (TPSA) is 115 Å². The van der Waals surface area contributed by atoms with E-state index in [1.165, 1.54) is 42.9 Å². The number of fused-ring (bicyclic) bond motifs is 1. The number of carbonyl (C=O) groups excluding carboxylic acids is 1. The summed E-state index contributed by atoms with van der Waals surface area (Å²) in [5.74, 6) is 0.250. The third-order valence-corrected chi connectivity index (χ3v) is 7.58. The quantitative estimate of drug-likeness (QED) is 0.274. The van der Waals surface area contributed by atoms with Crippen LogP contribution in [0.4, 0.5) is 11.5 Å². The number of ether oxygens (including phenoxy) is 1. The molecule has 0 radical (unpaired) electrons. The summed E-state index contributed by atoms with van der Waals surface area (Å²) in [5.41, 5.74) is 2.59. The van der Waals surface area contributed by atoms with Gasteiger partial charge in [-0.15, -0.1) is 0 Å². The maximum atomic E-state index is 13.1. The summed E-state index contributed by atoms with van der Waals surface area (Å²) in [7, 11) is -2.09. The third-order valence-electron chi connectivity index (χ3n) is 5.82. The van der Waals surface area contributed by atoms with Gasteiger partial charge in [-0.25, -0.2) is 13.4 Å². The van der Waals surface area contributed by atoms with Gasteiger partial charge in [-0.2, -0.15) is 0 Å². The number of nitrogens with one attached hydrogen (secondary N) is 2. The van der Waals surface area contributed by atoms with Gasteiger partial charge in [0.05, 0.1) is 21.6 Å². The summed E-state index contributed by atoms with van der Waals surface area (Å²) < 4.78 is 35.2. The molecule has 0 fully saturated rings. The van der Waals surface area contributed by atoms with E-state index in [2.05, 4.69) is 20.0 Å². The number of nitrogens with zero attached hydrogens (tertiary/aromatic N) is 3. The van der Waals surface area contributed by atoms with E-state index in [1.54, 1.807) is 23.7 Å². The van der Waals surface area contributed by atoms with Gasteiger partial charge in [-0.1, -0.05) is 41.9 Å². The number of halogens is 1. The van der Waals surface area contributed by atoms with Crippen LogP contribution in [0.1, 0.15) is 16.1 Å². The maximum absolute atomic E-state index is 13.1. The van der Waals surface area contributed by atoms with Crippen molar-refractivity contribution >= 4 is 49.9 Å². The minimum atomic E-state index is -3.86. The SMILES string of the molecule is Cn1c(C(=O)Nc2ccc(S(=O)(=O)Nc3cnccn3)cc2)cc2c(Cl)c(OCc3ccccc3)ccc21. The molecule has 9 nitrogen and oxygen atoms in total. The number of rotatable bonds is 8. The van der Waals surface area contributed by atoms with E-state index < -0.39 is 10.0 Å². The molecule has 0 bridgehead atoms. The number of hydrogen-bond acceptors (Lipinski definition) is 6. The Labute approximate surface area is 224 Å². The molecular weight excluding hydrogens is 526 g/mol. The van der Waals surface area contributed by atoms with Gasteiger partial charge in [0.25, 0.3) is 15.9 Å². The fraction of sp³-hybridized carbons (Fsp3) is 0.0741. The number of aromatic nitrogens is 3. The van der Waals surface area contributed by atoms with Crippen LogP contribution in [0.2, 0.25) is 5.02 Å². The highest BCUT2D eigenvalue weighted by molar-refractivity contribution is 7.92. The van der Waals surface area contributed by atoms with E-state index >= 15 is 0 Å². The van der Waals surface area contributed by atoms with E-state index in [9.17, 15) is 13.2 Å². The standard InChI is InChI=1S/C27H22ClN5O4S/c1-33-22-11-12-24(37-17-18-5-3-2-4-6-18)26(28)21(22)15-23(33)27(34)31-19-7-9-20(10-8-19)38(35,36)32-25-16-29-13-14-30-25/h2-16H,17H2,1H3,(H,30,32)(H,31,34). The molecule has 0 aliphatic heterocycles. The van der Waals surface area contributed by atoms with Crippen LogP contribution in [0.3, 0.4) is 0 Å². The van der Waals surface area contributed by atoms with Gasteiger partial charge < -0.3 is 14.6 Å². The number of carbonyl (C=O) groups is 1. The molecule has 2 heterocycles. The molecular formula is C27H22ClN5O4S. The molecule has 2 N–H and O–H groups in total. The Morgan fingerprint density at radius 2 is 1.79 bits per heavy atom. The Morgan fingerprint density at radius 3 is 2.50 bits per heavy atom. The lowest BCUT2D eigenvalue weighted by Crippen LogP contribution is -2.16. The van der Waals surface area contributed by atoms with Crippen molar-refractivity contribution in [2.45, 2.75) is 11.5 Å². The normalized spacial score (nSPS) is 11.3. The highest BCUT2D eigenvalue weighted by Gasteiger charge is 2.19. The summed E-state index contributed by atoms with van der Waals surface area (Å²) in [6, 6.07) is 20.9. The number of aryl methyl sites for hydroxylation is 1. The number of sulfonamides is 1. The van der Waals surface area contributed by atoms with Gasteiger partial charge in [0.2, 0.25) is 0 Å². The zero-order chi connectivity index (χ0) is 26.7. The molecule has 0 spiro atoms. The van der Waals surface area contributed by atoms with Crippen LogP contribution in [0.25, 0.3) is 10.9 Å². The second-order valence-electron chi connectivity index (χ2n) is 8.35. The Kier molecular flexibility index (Phi) is 6.99. The first-order chi connectivity index (χ1) is 18.3. The van der Waals surface area contributed by atoms with Gasteiger partial charge in [-0.05, 0) is 48.0 Å². The van der Waals surface area contributed by atoms with Crippen molar-refractivity contribution in [2.75, 3.05) is 10.0 Å². The van der Waals surface area contributed by atoms with Gasteiger partial charge in [0.1, 0.15) is 18.1 Å². The van der Waals surface area contributed by atoms with Crippen molar-refractivity contribution in [2.24, 2.45) is 7.05 Å². The summed E-state index contributed by atoms with van der Waals surface area (Å²) in [6.07, 6.45) is 4.13. The summed E-state index contributed by atoms with van der Waals surface area (Å²) in [5, 5.41) is 3.89. The highest BCUT2D eigenvalue weighted by Crippen LogP contribution is 2.35. The Morgan fingerprint density at radius 1 is 1.03 bits per heavy atom. The van der Waals surface area contributed by atoms with E-state index in [0.717, 1.165) is 11.1 Å². The van der Waals surface area contributed by atoms with E-state index in [1.807, 2.05) is 36.4 Å². The number of benzene rings is 3. The first-order valence-electron chi connectivity index (χ1n) is 11.5.